The van der Waals surface area contributed by atoms with Gasteiger partial charge in [-0.15, -0.1) is 0 Å². The largest absolute Gasteiger partial charge is 0.447 e. The van der Waals surface area contributed by atoms with Crippen molar-refractivity contribution in [1.29, 1.82) is 0 Å². The molecule has 0 aliphatic heterocycles. The van der Waals surface area contributed by atoms with Gasteiger partial charge in [0.1, 0.15) is 31.6 Å². The number of amides is 3. The summed E-state index contributed by atoms with van der Waals surface area (Å²) in [6.07, 6.45) is 5.35. The van der Waals surface area contributed by atoms with Gasteiger partial charge in [0, 0.05) is 11.6 Å². The Hall–Kier alpha value is -3.59. The molecule has 39 heavy (non-hydrogen) atoms. The molecule has 10 heteroatoms. The molecule has 0 bridgehead atoms. The Bertz CT molecular complexity index is 1080. The van der Waals surface area contributed by atoms with Gasteiger partial charge >= 0.3 is 12.2 Å². The van der Waals surface area contributed by atoms with E-state index < -0.39 is 30.2 Å². The van der Waals surface area contributed by atoms with Crippen molar-refractivity contribution in [1.82, 2.24) is 16.0 Å². The van der Waals surface area contributed by atoms with Crippen LogP contribution < -0.4 is 16.0 Å². The summed E-state index contributed by atoms with van der Waals surface area (Å²) in [5.74, 6) is -0.269. The third-order valence-electron chi connectivity index (χ3n) is 6.57. The fourth-order valence-electron chi connectivity index (χ4n) is 4.52. The molecule has 1 fully saturated rings. The topological polar surface area (TPSA) is 123 Å². The number of rotatable bonds is 13. The summed E-state index contributed by atoms with van der Waals surface area (Å²) in [5, 5.41) is 8.38. The van der Waals surface area contributed by atoms with Crippen molar-refractivity contribution in [2.24, 2.45) is 5.92 Å². The summed E-state index contributed by atoms with van der Waals surface area (Å²) in [4.78, 5) is 49.3. The first-order chi connectivity index (χ1) is 18.9. The summed E-state index contributed by atoms with van der Waals surface area (Å²) in [6, 6.07) is 14.6. The van der Waals surface area contributed by atoms with E-state index in [1.54, 1.807) is 24.3 Å². The molecule has 0 heterocycles. The Balaban J connectivity index is 1.49. The van der Waals surface area contributed by atoms with Gasteiger partial charge in [-0.1, -0.05) is 86.2 Å². The maximum atomic E-state index is 13.1. The first-order valence-electron chi connectivity index (χ1n) is 13.3. The van der Waals surface area contributed by atoms with Gasteiger partial charge in [-0.2, -0.15) is 0 Å². The molecule has 0 saturated heterocycles. The first kappa shape index (κ1) is 30.0. The molecule has 3 N–H and O–H groups in total. The fraction of sp³-hybridized carbons (Fsp3) is 0.448. The molecule has 9 nitrogen and oxygen atoms in total. The Morgan fingerprint density at radius 3 is 2.38 bits per heavy atom. The van der Waals surface area contributed by atoms with E-state index in [9.17, 15) is 19.2 Å². The second-order valence-electron chi connectivity index (χ2n) is 9.65. The summed E-state index contributed by atoms with van der Waals surface area (Å²) < 4.78 is 10.4. The Kier molecular flexibility index (Phi) is 12.6. The van der Waals surface area contributed by atoms with Gasteiger partial charge in [-0.25, -0.2) is 9.59 Å². The van der Waals surface area contributed by atoms with Crippen LogP contribution in [0.5, 0.6) is 0 Å². The van der Waals surface area contributed by atoms with Gasteiger partial charge < -0.3 is 30.2 Å². The lowest BCUT2D eigenvalue weighted by molar-refractivity contribution is -0.126. The maximum absolute atomic E-state index is 13.1. The number of aldehydes is 1. The van der Waals surface area contributed by atoms with Crippen LogP contribution in [0.4, 0.5) is 9.59 Å². The molecule has 1 unspecified atom stereocenters. The molecule has 3 rings (SSSR count). The SMILES string of the molecule is O=CC(COC(=O)NCCc1ccccc1)NC(=O)[C@H](CC1CCCCC1)NC(=O)OCc1cccc(Cl)c1. The highest BCUT2D eigenvalue weighted by atomic mass is 35.5. The van der Waals surface area contributed by atoms with E-state index in [0.29, 0.717) is 36.3 Å². The third-order valence-corrected chi connectivity index (χ3v) is 6.81. The zero-order valence-electron chi connectivity index (χ0n) is 21.9. The van der Waals surface area contributed by atoms with Crippen molar-refractivity contribution in [2.75, 3.05) is 13.2 Å². The summed E-state index contributed by atoms with van der Waals surface area (Å²) >= 11 is 5.98. The Morgan fingerprint density at radius 2 is 1.67 bits per heavy atom. The van der Waals surface area contributed by atoms with Crippen LogP contribution in [0.1, 0.15) is 49.7 Å². The lowest BCUT2D eigenvalue weighted by Crippen LogP contribution is -2.52. The fourth-order valence-corrected chi connectivity index (χ4v) is 4.73. The van der Waals surface area contributed by atoms with Gasteiger partial charge in [0.2, 0.25) is 5.91 Å². The standard InChI is InChI=1S/C29H36ClN3O6/c30-24-13-7-12-23(16-24)19-38-29(37)33-26(17-22-10-5-2-6-11-22)27(35)32-25(18-34)20-39-28(36)31-15-14-21-8-3-1-4-9-21/h1,3-4,7-9,12-13,16,18,22,25-26H,2,5-6,10-11,14-15,17,19-20H2,(H,31,36)(H,32,35)(H,33,37)/t25?,26-/m0/s1. The number of halogens is 1. The minimum Gasteiger partial charge on any atom is -0.447 e. The summed E-state index contributed by atoms with van der Waals surface area (Å²) in [5.41, 5.74) is 1.78. The quantitative estimate of drug-likeness (QED) is 0.310. The van der Waals surface area contributed by atoms with Crippen molar-refractivity contribution in [3.63, 3.8) is 0 Å². The maximum Gasteiger partial charge on any atom is 0.408 e. The molecule has 0 radical (unpaired) electrons. The predicted molar refractivity (Wildman–Crippen MR) is 147 cm³/mol. The van der Waals surface area contributed by atoms with E-state index in [2.05, 4.69) is 16.0 Å². The Morgan fingerprint density at radius 1 is 0.923 bits per heavy atom. The van der Waals surface area contributed by atoms with E-state index in [1.165, 1.54) is 0 Å². The lowest BCUT2D eigenvalue weighted by Gasteiger charge is -2.27. The highest BCUT2D eigenvalue weighted by molar-refractivity contribution is 6.30. The van der Waals surface area contributed by atoms with Crippen molar-refractivity contribution in [3.05, 3.63) is 70.7 Å². The van der Waals surface area contributed by atoms with Crippen LogP contribution in [0.2, 0.25) is 5.02 Å². The number of hydrogen-bond acceptors (Lipinski definition) is 6. The van der Waals surface area contributed by atoms with Crippen LogP contribution in [0.25, 0.3) is 0 Å². The van der Waals surface area contributed by atoms with E-state index in [4.69, 9.17) is 21.1 Å². The van der Waals surface area contributed by atoms with E-state index in [1.807, 2.05) is 30.3 Å². The normalized spacial score (nSPS) is 14.9. The van der Waals surface area contributed by atoms with Crippen LogP contribution in [0, 0.1) is 5.92 Å². The molecule has 2 atom stereocenters. The van der Waals surface area contributed by atoms with Crippen LogP contribution in [0.15, 0.2) is 54.6 Å². The minimum absolute atomic E-state index is 0.00561. The van der Waals surface area contributed by atoms with Gasteiger partial charge in [0.05, 0.1) is 0 Å². The van der Waals surface area contributed by atoms with Crippen LogP contribution >= 0.6 is 11.6 Å². The monoisotopic (exact) mass is 557 g/mol. The summed E-state index contributed by atoms with van der Waals surface area (Å²) in [7, 11) is 0. The number of hydrogen-bond donors (Lipinski definition) is 3. The van der Waals surface area contributed by atoms with Crippen LogP contribution in [-0.4, -0.2) is 49.6 Å². The molecule has 0 aromatic heterocycles. The zero-order valence-corrected chi connectivity index (χ0v) is 22.7. The van der Waals surface area contributed by atoms with Crippen LogP contribution in [0.3, 0.4) is 0 Å². The number of carbonyl (C=O) groups excluding carboxylic acids is 4. The van der Waals surface area contributed by atoms with Crippen LogP contribution in [-0.2, 0) is 32.1 Å². The average Bonchev–Trinajstić information content (AvgIpc) is 2.95. The highest BCUT2D eigenvalue weighted by Crippen LogP contribution is 2.27. The average molecular weight is 558 g/mol. The zero-order chi connectivity index (χ0) is 27.9. The molecule has 0 spiro atoms. The highest BCUT2D eigenvalue weighted by Gasteiger charge is 2.28. The van der Waals surface area contributed by atoms with Crippen molar-refractivity contribution in [2.45, 2.75) is 63.6 Å². The van der Waals surface area contributed by atoms with Gasteiger partial charge in [0.15, 0.2) is 0 Å². The molecule has 1 saturated carbocycles. The number of benzene rings is 2. The summed E-state index contributed by atoms with van der Waals surface area (Å²) in [6.45, 7) is 0.0295. The van der Waals surface area contributed by atoms with Crippen molar-refractivity contribution in [3.8, 4) is 0 Å². The van der Waals surface area contributed by atoms with E-state index >= 15 is 0 Å². The predicted octanol–water partition coefficient (Wildman–Crippen LogP) is 4.56. The molecule has 3 amide bonds. The second-order valence-corrected chi connectivity index (χ2v) is 10.1. The molecule has 2 aromatic carbocycles. The number of nitrogens with one attached hydrogen (secondary N) is 3. The smallest absolute Gasteiger partial charge is 0.408 e. The van der Waals surface area contributed by atoms with E-state index in [-0.39, 0.29) is 19.1 Å². The van der Waals surface area contributed by atoms with Gasteiger partial charge in [-0.05, 0) is 42.0 Å². The van der Waals surface area contributed by atoms with Gasteiger partial charge in [-0.3, -0.25) is 4.79 Å². The second kappa shape index (κ2) is 16.4. The first-order valence-corrected chi connectivity index (χ1v) is 13.7. The molecule has 1 aliphatic carbocycles. The number of ether oxygens (including phenoxy) is 2. The molecule has 210 valence electrons. The van der Waals surface area contributed by atoms with Crippen molar-refractivity contribution >= 4 is 36.0 Å². The van der Waals surface area contributed by atoms with E-state index in [0.717, 1.165) is 37.7 Å². The van der Waals surface area contributed by atoms with Gasteiger partial charge in [0.25, 0.3) is 0 Å². The van der Waals surface area contributed by atoms with Crippen molar-refractivity contribution < 1.29 is 28.7 Å². The third kappa shape index (κ3) is 11.4. The lowest BCUT2D eigenvalue weighted by atomic mass is 9.84. The number of carbonyl (C=O) groups is 4. The molecular formula is C29H36ClN3O6. The minimum atomic E-state index is -1.06. The Labute approximate surface area is 234 Å². The molecule has 1 aliphatic rings. The molecule has 2 aromatic rings. The number of alkyl carbamates (subject to hydrolysis) is 2. The molecular weight excluding hydrogens is 522 g/mol.